The van der Waals surface area contributed by atoms with Crippen LogP contribution in [-0.4, -0.2) is 78.8 Å². The Morgan fingerprint density at radius 3 is 2.60 bits per heavy atom. The summed E-state index contributed by atoms with van der Waals surface area (Å²) in [6.45, 7) is 2.93. The number of likely N-dealkylation sites (N-methyl/N-ethyl adjacent to an activating group) is 1. The fourth-order valence-corrected chi connectivity index (χ4v) is 2.04. The number of nitrogens with zero attached hydrogens (tertiary/aromatic N) is 2. The molecule has 8 heteroatoms. The zero-order chi connectivity index (χ0) is 15.1. The zero-order valence-corrected chi connectivity index (χ0v) is 11.8. The molecule has 0 spiro atoms. The predicted octanol–water partition coefficient (Wildman–Crippen LogP) is -0.650. The number of ether oxygens (including phenoxy) is 1. The first-order chi connectivity index (χ1) is 9.43. The highest BCUT2D eigenvalue weighted by molar-refractivity contribution is 5.95. The van der Waals surface area contributed by atoms with E-state index < -0.39 is 31.1 Å². The molecule has 3 amide bonds. The van der Waals surface area contributed by atoms with Crippen LogP contribution in [0.1, 0.15) is 13.3 Å². The Balaban J connectivity index is 2.35. The molecular formula is C12H21N3O5. The Morgan fingerprint density at radius 2 is 2.00 bits per heavy atom. The van der Waals surface area contributed by atoms with Gasteiger partial charge in [0.15, 0.2) is 0 Å². The lowest BCUT2D eigenvalue weighted by Gasteiger charge is -2.38. The minimum atomic E-state index is -1.16. The number of hydrogen-bond acceptors (Lipinski definition) is 5. The van der Waals surface area contributed by atoms with E-state index in [0.29, 0.717) is 13.1 Å². The van der Waals surface area contributed by atoms with Gasteiger partial charge in [0.1, 0.15) is 13.2 Å². The number of carbonyl (C=O) groups excluding carboxylic acids is 2. The van der Waals surface area contributed by atoms with Crippen LogP contribution in [0.25, 0.3) is 0 Å². The highest BCUT2D eigenvalue weighted by Crippen LogP contribution is 2.10. The molecule has 0 aromatic rings. The maximum atomic E-state index is 11.9. The van der Waals surface area contributed by atoms with E-state index in [1.165, 1.54) is 0 Å². The van der Waals surface area contributed by atoms with Gasteiger partial charge >= 0.3 is 12.0 Å². The normalized spacial score (nSPS) is 19.7. The summed E-state index contributed by atoms with van der Waals surface area (Å²) in [6.07, 6.45) is 0.927. The van der Waals surface area contributed by atoms with E-state index in [1.54, 1.807) is 4.90 Å². The summed E-state index contributed by atoms with van der Waals surface area (Å²) in [5.41, 5.74) is 0. The second-order valence-corrected chi connectivity index (χ2v) is 4.73. The van der Waals surface area contributed by atoms with E-state index in [-0.39, 0.29) is 6.04 Å². The number of carbonyl (C=O) groups is 3. The summed E-state index contributed by atoms with van der Waals surface area (Å²) in [5.74, 6) is -1.79. The Labute approximate surface area is 117 Å². The molecule has 0 saturated carbocycles. The molecule has 8 nitrogen and oxygen atoms in total. The number of imide groups is 1. The van der Waals surface area contributed by atoms with Gasteiger partial charge in [-0.2, -0.15) is 0 Å². The standard InChI is InChI=1S/C12H21N3O5/c1-3-9-6-15(5-4-14(9)2)12(19)13-10(16)7-20-8-11(17)18/h9H,3-8H2,1-2H3,(H,17,18)(H,13,16,19). The minimum absolute atomic E-state index is 0.285. The molecule has 0 aromatic heterocycles. The number of carboxylic acids is 1. The number of aliphatic carboxylic acids is 1. The van der Waals surface area contributed by atoms with E-state index in [1.807, 2.05) is 14.0 Å². The van der Waals surface area contributed by atoms with Crippen LogP contribution in [0.2, 0.25) is 0 Å². The third kappa shape index (κ3) is 5.14. The van der Waals surface area contributed by atoms with Crippen LogP contribution in [0.15, 0.2) is 0 Å². The van der Waals surface area contributed by atoms with Gasteiger partial charge in [-0.3, -0.25) is 15.0 Å². The third-order valence-electron chi connectivity index (χ3n) is 3.24. The summed E-state index contributed by atoms with van der Waals surface area (Å²) >= 11 is 0. The predicted molar refractivity (Wildman–Crippen MR) is 70.3 cm³/mol. The maximum absolute atomic E-state index is 11.9. The van der Waals surface area contributed by atoms with Crippen molar-refractivity contribution < 1.29 is 24.2 Å². The van der Waals surface area contributed by atoms with Crippen molar-refractivity contribution in [1.82, 2.24) is 15.1 Å². The van der Waals surface area contributed by atoms with Crippen molar-refractivity contribution in [1.29, 1.82) is 0 Å². The average Bonchev–Trinajstić information content (AvgIpc) is 2.38. The monoisotopic (exact) mass is 287 g/mol. The lowest BCUT2D eigenvalue weighted by atomic mass is 10.1. The number of hydrogen-bond donors (Lipinski definition) is 2. The summed E-state index contributed by atoms with van der Waals surface area (Å²) < 4.78 is 4.61. The van der Waals surface area contributed by atoms with Crippen molar-refractivity contribution >= 4 is 17.9 Å². The SMILES string of the molecule is CCC1CN(C(=O)NC(=O)COCC(=O)O)CCN1C. The minimum Gasteiger partial charge on any atom is -0.480 e. The third-order valence-corrected chi connectivity index (χ3v) is 3.24. The van der Waals surface area contributed by atoms with Gasteiger partial charge in [0.25, 0.3) is 5.91 Å². The molecule has 0 radical (unpaired) electrons. The molecule has 2 N–H and O–H groups in total. The number of nitrogens with one attached hydrogen (secondary N) is 1. The van der Waals surface area contributed by atoms with Gasteiger partial charge < -0.3 is 14.7 Å². The van der Waals surface area contributed by atoms with Crippen molar-refractivity contribution in [3.63, 3.8) is 0 Å². The number of urea groups is 1. The van der Waals surface area contributed by atoms with E-state index in [2.05, 4.69) is 15.0 Å². The average molecular weight is 287 g/mol. The van der Waals surface area contributed by atoms with Gasteiger partial charge in [-0.1, -0.05) is 6.92 Å². The van der Waals surface area contributed by atoms with Gasteiger partial charge in [-0.05, 0) is 13.5 Å². The van der Waals surface area contributed by atoms with E-state index in [0.717, 1.165) is 13.0 Å². The number of piperazine rings is 1. The molecular weight excluding hydrogens is 266 g/mol. The molecule has 1 atom stereocenters. The smallest absolute Gasteiger partial charge is 0.329 e. The second kappa shape index (κ2) is 7.81. The first-order valence-corrected chi connectivity index (χ1v) is 6.52. The van der Waals surface area contributed by atoms with Crippen LogP contribution in [0.5, 0.6) is 0 Å². The van der Waals surface area contributed by atoms with Gasteiger partial charge in [-0.15, -0.1) is 0 Å². The maximum Gasteiger partial charge on any atom is 0.329 e. The quantitative estimate of drug-likeness (QED) is 0.697. The molecule has 114 valence electrons. The highest BCUT2D eigenvalue weighted by atomic mass is 16.5. The molecule has 1 heterocycles. The van der Waals surface area contributed by atoms with Crippen LogP contribution in [0.4, 0.5) is 4.79 Å². The first kappa shape index (κ1) is 16.4. The molecule has 20 heavy (non-hydrogen) atoms. The van der Waals surface area contributed by atoms with Crippen molar-refractivity contribution in [2.75, 3.05) is 39.9 Å². The zero-order valence-electron chi connectivity index (χ0n) is 11.8. The van der Waals surface area contributed by atoms with Crippen molar-refractivity contribution in [3.05, 3.63) is 0 Å². The molecule has 1 aliphatic heterocycles. The number of rotatable bonds is 5. The fraction of sp³-hybridized carbons (Fsp3) is 0.750. The van der Waals surface area contributed by atoms with Crippen LogP contribution >= 0.6 is 0 Å². The molecule has 0 aliphatic carbocycles. The Bertz CT molecular complexity index is 374. The van der Waals surface area contributed by atoms with E-state index >= 15 is 0 Å². The molecule has 1 rings (SSSR count). The molecule has 0 aromatic carbocycles. The fourth-order valence-electron chi connectivity index (χ4n) is 2.04. The molecule has 1 aliphatic rings. The highest BCUT2D eigenvalue weighted by Gasteiger charge is 2.26. The van der Waals surface area contributed by atoms with Crippen LogP contribution in [-0.2, 0) is 14.3 Å². The molecule has 1 saturated heterocycles. The van der Waals surface area contributed by atoms with Crippen LogP contribution < -0.4 is 5.32 Å². The van der Waals surface area contributed by atoms with Gasteiger partial charge in [-0.25, -0.2) is 9.59 Å². The largest absolute Gasteiger partial charge is 0.480 e. The van der Waals surface area contributed by atoms with Gasteiger partial charge in [0.05, 0.1) is 0 Å². The lowest BCUT2D eigenvalue weighted by molar-refractivity contribution is -0.143. The molecule has 1 unspecified atom stereocenters. The second-order valence-electron chi connectivity index (χ2n) is 4.73. The molecule has 0 bridgehead atoms. The Hall–Kier alpha value is -1.67. The lowest BCUT2D eigenvalue weighted by Crippen LogP contribution is -2.56. The summed E-state index contributed by atoms with van der Waals surface area (Å²) in [5, 5.41) is 10.6. The number of amides is 3. The Morgan fingerprint density at radius 1 is 1.30 bits per heavy atom. The molecule has 1 fully saturated rings. The summed E-state index contributed by atoms with van der Waals surface area (Å²) in [7, 11) is 2.01. The van der Waals surface area contributed by atoms with E-state index in [4.69, 9.17) is 5.11 Å². The van der Waals surface area contributed by atoms with Crippen LogP contribution in [0, 0.1) is 0 Å². The summed E-state index contributed by atoms with van der Waals surface area (Å²) in [4.78, 5) is 37.3. The Kier molecular flexibility index (Phi) is 6.40. The van der Waals surface area contributed by atoms with Gasteiger partial charge in [0, 0.05) is 25.7 Å². The van der Waals surface area contributed by atoms with Crippen molar-refractivity contribution in [2.45, 2.75) is 19.4 Å². The number of carboxylic acid groups (broad SMARTS) is 1. The van der Waals surface area contributed by atoms with Crippen molar-refractivity contribution in [3.8, 4) is 0 Å². The van der Waals surface area contributed by atoms with Crippen molar-refractivity contribution in [2.24, 2.45) is 0 Å². The topological polar surface area (TPSA) is 99.2 Å². The first-order valence-electron chi connectivity index (χ1n) is 6.52. The van der Waals surface area contributed by atoms with Crippen LogP contribution in [0.3, 0.4) is 0 Å². The summed E-state index contributed by atoms with van der Waals surface area (Å²) in [6, 6.07) is -0.173. The van der Waals surface area contributed by atoms with Gasteiger partial charge in [0.2, 0.25) is 0 Å². The van der Waals surface area contributed by atoms with E-state index in [9.17, 15) is 14.4 Å².